The summed E-state index contributed by atoms with van der Waals surface area (Å²) >= 11 is 12.1. The van der Waals surface area contributed by atoms with E-state index in [0.717, 1.165) is 26.9 Å². The van der Waals surface area contributed by atoms with E-state index in [-0.39, 0.29) is 0 Å². The summed E-state index contributed by atoms with van der Waals surface area (Å²) in [6.07, 6.45) is 0. The van der Waals surface area contributed by atoms with E-state index < -0.39 is 0 Å². The molecule has 2 aromatic rings. The minimum atomic E-state index is 0.694. The Morgan fingerprint density at radius 3 is 2.47 bits per heavy atom. The van der Waals surface area contributed by atoms with E-state index in [0.29, 0.717) is 6.54 Å². The molecule has 88 valence electrons. The first-order valence-corrected chi connectivity index (χ1v) is 6.16. The molecule has 0 heterocycles. The fourth-order valence-corrected chi connectivity index (χ4v) is 1.92. The van der Waals surface area contributed by atoms with Gasteiger partial charge in [-0.05, 0) is 36.2 Å². The molecule has 17 heavy (non-hydrogen) atoms. The van der Waals surface area contributed by atoms with Gasteiger partial charge in [-0.1, -0.05) is 47.5 Å². The molecule has 0 aliphatic carbocycles. The fourth-order valence-electron chi connectivity index (χ4n) is 1.54. The summed E-state index contributed by atoms with van der Waals surface area (Å²) in [5, 5.41) is 4.85. The number of hydrogen-bond acceptors (Lipinski definition) is 1. The summed E-state index contributed by atoms with van der Waals surface area (Å²) in [5.41, 5.74) is 3.15. The predicted molar refractivity (Wildman–Crippen MR) is 75.0 cm³/mol. The average Bonchev–Trinajstić information content (AvgIpc) is 2.32. The molecule has 0 aromatic heterocycles. The molecular formula is C14H13Cl2N. The summed E-state index contributed by atoms with van der Waals surface area (Å²) in [7, 11) is 0. The molecule has 1 nitrogen and oxygen atoms in total. The Kier molecular flexibility index (Phi) is 3.93. The summed E-state index contributed by atoms with van der Waals surface area (Å²) < 4.78 is 0. The van der Waals surface area contributed by atoms with Gasteiger partial charge >= 0.3 is 0 Å². The normalized spacial score (nSPS) is 10.3. The zero-order valence-electron chi connectivity index (χ0n) is 9.50. The minimum absolute atomic E-state index is 0.694. The summed E-state index contributed by atoms with van der Waals surface area (Å²) in [6.45, 7) is 2.68. The van der Waals surface area contributed by atoms with Crippen molar-refractivity contribution in [1.29, 1.82) is 0 Å². The number of aryl methyl sites for hydroxylation is 1. The van der Waals surface area contributed by atoms with Crippen molar-refractivity contribution in [2.45, 2.75) is 13.5 Å². The standard InChI is InChI=1S/C14H13Cl2N/c1-10-6-7-12(8-14(10)16)17-9-11-4-2-3-5-13(11)15/h2-8,17H,9H2,1H3. The summed E-state index contributed by atoms with van der Waals surface area (Å²) in [5.74, 6) is 0. The van der Waals surface area contributed by atoms with Crippen LogP contribution < -0.4 is 5.32 Å². The second kappa shape index (κ2) is 5.44. The van der Waals surface area contributed by atoms with Crippen LogP contribution in [0.25, 0.3) is 0 Å². The number of hydrogen-bond donors (Lipinski definition) is 1. The van der Waals surface area contributed by atoms with E-state index in [1.54, 1.807) is 0 Å². The molecule has 0 fully saturated rings. The first kappa shape index (κ1) is 12.3. The van der Waals surface area contributed by atoms with E-state index in [4.69, 9.17) is 23.2 Å². The second-order valence-corrected chi connectivity index (χ2v) is 4.72. The van der Waals surface area contributed by atoms with Gasteiger partial charge in [0, 0.05) is 22.3 Å². The van der Waals surface area contributed by atoms with Gasteiger partial charge in [0.2, 0.25) is 0 Å². The van der Waals surface area contributed by atoms with Gasteiger partial charge in [0.05, 0.1) is 0 Å². The maximum atomic E-state index is 6.08. The van der Waals surface area contributed by atoms with E-state index in [1.165, 1.54) is 0 Å². The molecule has 0 saturated carbocycles. The highest BCUT2D eigenvalue weighted by molar-refractivity contribution is 6.31. The van der Waals surface area contributed by atoms with Gasteiger partial charge in [-0.2, -0.15) is 0 Å². The fraction of sp³-hybridized carbons (Fsp3) is 0.143. The molecule has 3 heteroatoms. The van der Waals surface area contributed by atoms with Crippen molar-refractivity contribution < 1.29 is 0 Å². The number of benzene rings is 2. The Hall–Kier alpha value is -1.18. The Bertz CT molecular complexity index is 523. The molecule has 0 saturated heterocycles. The molecule has 0 aliphatic rings. The smallest absolute Gasteiger partial charge is 0.0455 e. The molecule has 0 atom stereocenters. The predicted octanol–water partition coefficient (Wildman–Crippen LogP) is 4.91. The Morgan fingerprint density at radius 1 is 1.00 bits per heavy atom. The second-order valence-electron chi connectivity index (χ2n) is 3.91. The molecule has 0 radical (unpaired) electrons. The van der Waals surface area contributed by atoms with Crippen LogP contribution in [0.4, 0.5) is 5.69 Å². The number of rotatable bonds is 3. The van der Waals surface area contributed by atoms with Crippen molar-refractivity contribution >= 4 is 28.9 Å². The van der Waals surface area contributed by atoms with Crippen LogP contribution in [0.2, 0.25) is 10.0 Å². The van der Waals surface area contributed by atoms with E-state index in [9.17, 15) is 0 Å². The van der Waals surface area contributed by atoms with Crippen LogP contribution in [0.15, 0.2) is 42.5 Å². The van der Waals surface area contributed by atoms with Crippen LogP contribution in [-0.2, 0) is 6.54 Å². The Balaban J connectivity index is 2.08. The van der Waals surface area contributed by atoms with Gasteiger partial charge in [-0.25, -0.2) is 0 Å². The first-order valence-electron chi connectivity index (χ1n) is 5.40. The van der Waals surface area contributed by atoms with Crippen molar-refractivity contribution in [3.63, 3.8) is 0 Å². The third kappa shape index (κ3) is 3.15. The summed E-state index contributed by atoms with van der Waals surface area (Å²) in [4.78, 5) is 0. The zero-order chi connectivity index (χ0) is 12.3. The highest BCUT2D eigenvalue weighted by atomic mass is 35.5. The van der Waals surface area contributed by atoms with Gasteiger partial charge < -0.3 is 5.32 Å². The lowest BCUT2D eigenvalue weighted by Gasteiger charge is -2.09. The maximum absolute atomic E-state index is 6.08. The highest BCUT2D eigenvalue weighted by Crippen LogP contribution is 2.21. The van der Waals surface area contributed by atoms with Gasteiger partial charge in [0.25, 0.3) is 0 Å². The van der Waals surface area contributed by atoms with Crippen LogP contribution in [0.1, 0.15) is 11.1 Å². The van der Waals surface area contributed by atoms with Crippen molar-refractivity contribution in [2.24, 2.45) is 0 Å². The Labute approximate surface area is 111 Å². The van der Waals surface area contributed by atoms with E-state index in [2.05, 4.69) is 5.32 Å². The van der Waals surface area contributed by atoms with Crippen LogP contribution in [0.5, 0.6) is 0 Å². The largest absolute Gasteiger partial charge is 0.381 e. The molecule has 0 aliphatic heterocycles. The highest BCUT2D eigenvalue weighted by Gasteiger charge is 2.00. The van der Waals surface area contributed by atoms with Crippen LogP contribution in [0.3, 0.4) is 0 Å². The third-order valence-electron chi connectivity index (χ3n) is 2.61. The van der Waals surface area contributed by atoms with Gasteiger partial charge in [0.1, 0.15) is 0 Å². The molecule has 1 N–H and O–H groups in total. The SMILES string of the molecule is Cc1ccc(NCc2ccccc2Cl)cc1Cl. The van der Waals surface area contributed by atoms with Gasteiger partial charge in [-0.15, -0.1) is 0 Å². The molecule has 0 amide bonds. The van der Waals surface area contributed by atoms with Crippen molar-refractivity contribution in [2.75, 3.05) is 5.32 Å². The molecule has 2 rings (SSSR count). The van der Waals surface area contributed by atoms with E-state index in [1.807, 2.05) is 49.4 Å². The molecule has 0 spiro atoms. The molecule has 2 aromatic carbocycles. The average molecular weight is 266 g/mol. The third-order valence-corrected chi connectivity index (χ3v) is 3.39. The zero-order valence-corrected chi connectivity index (χ0v) is 11.0. The molecule has 0 bridgehead atoms. The van der Waals surface area contributed by atoms with Crippen molar-refractivity contribution in [3.8, 4) is 0 Å². The first-order chi connectivity index (χ1) is 8.16. The number of halogens is 2. The van der Waals surface area contributed by atoms with Crippen LogP contribution >= 0.6 is 23.2 Å². The number of nitrogens with one attached hydrogen (secondary N) is 1. The van der Waals surface area contributed by atoms with Gasteiger partial charge in [0.15, 0.2) is 0 Å². The molecule has 0 unspecified atom stereocenters. The monoisotopic (exact) mass is 265 g/mol. The van der Waals surface area contributed by atoms with Crippen molar-refractivity contribution in [1.82, 2.24) is 0 Å². The van der Waals surface area contributed by atoms with Crippen molar-refractivity contribution in [3.05, 3.63) is 63.6 Å². The maximum Gasteiger partial charge on any atom is 0.0455 e. The minimum Gasteiger partial charge on any atom is -0.381 e. The van der Waals surface area contributed by atoms with Gasteiger partial charge in [-0.3, -0.25) is 0 Å². The molecular weight excluding hydrogens is 253 g/mol. The Morgan fingerprint density at radius 2 is 1.76 bits per heavy atom. The van der Waals surface area contributed by atoms with Crippen LogP contribution in [-0.4, -0.2) is 0 Å². The topological polar surface area (TPSA) is 12.0 Å². The lowest BCUT2D eigenvalue weighted by molar-refractivity contribution is 1.15. The number of anilines is 1. The summed E-state index contributed by atoms with van der Waals surface area (Å²) in [6, 6.07) is 13.7. The lowest BCUT2D eigenvalue weighted by atomic mass is 10.2. The lowest BCUT2D eigenvalue weighted by Crippen LogP contribution is -1.99. The van der Waals surface area contributed by atoms with E-state index >= 15 is 0 Å². The van der Waals surface area contributed by atoms with Crippen LogP contribution in [0, 0.1) is 6.92 Å². The quantitative estimate of drug-likeness (QED) is 0.831.